The summed E-state index contributed by atoms with van der Waals surface area (Å²) in [4.78, 5) is 2.60. The van der Waals surface area contributed by atoms with Crippen molar-refractivity contribution in [1.82, 2.24) is 10.2 Å². The summed E-state index contributed by atoms with van der Waals surface area (Å²) in [5.41, 5.74) is 1.31. The van der Waals surface area contributed by atoms with Crippen LogP contribution in [-0.4, -0.2) is 31.1 Å². The fourth-order valence-electron chi connectivity index (χ4n) is 2.85. The maximum atomic E-state index is 6.10. The standard InChI is InChI=1S/C16H25ClN2/c1-2-18-16(14-7-6-8-15(17)13-14)9-12-19-10-4-3-5-11-19/h6-8,13,16,18H,2-5,9-12H2,1H3. The zero-order valence-electron chi connectivity index (χ0n) is 11.9. The minimum absolute atomic E-state index is 0.422. The molecular formula is C16H25ClN2. The van der Waals surface area contributed by atoms with E-state index in [0.717, 1.165) is 18.0 Å². The van der Waals surface area contributed by atoms with Crippen LogP contribution >= 0.6 is 11.6 Å². The number of nitrogens with zero attached hydrogens (tertiary/aromatic N) is 1. The third kappa shape index (κ3) is 4.79. The van der Waals surface area contributed by atoms with Crippen LogP contribution in [0.15, 0.2) is 24.3 Å². The summed E-state index contributed by atoms with van der Waals surface area (Å²) in [6.45, 7) is 6.89. The first kappa shape index (κ1) is 14.8. The van der Waals surface area contributed by atoms with E-state index in [-0.39, 0.29) is 0 Å². The molecule has 1 saturated heterocycles. The van der Waals surface area contributed by atoms with Crippen LogP contribution in [0.1, 0.15) is 44.2 Å². The summed E-state index contributed by atoms with van der Waals surface area (Å²) in [6.07, 6.45) is 5.29. The summed E-state index contributed by atoms with van der Waals surface area (Å²) in [7, 11) is 0. The van der Waals surface area contributed by atoms with Gasteiger partial charge in [0.15, 0.2) is 0 Å². The van der Waals surface area contributed by atoms with Gasteiger partial charge >= 0.3 is 0 Å². The topological polar surface area (TPSA) is 15.3 Å². The maximum Gasteiger partial charge on any atom is 0.0409 e. The van der Waals surface area contributed by atoms with Crippen LogP contribution in [0.3, 0.4) is 0 Å². The van der Waals surface area contributed by atoms with Crippen molar-refractivity contribution in [3.63, 3.8) is 0 Å². The van der Waals surface area contributed by atoms with E-state index >= 15 is 0 Å². The Kier molecular flexibility index (Phi) is 6.15. The lowest BCUT2D eigenvalue weighted by molar-refractivity contribution is 0.217. The van der Waals surface area contributed by atoms with Gasteiger partial charge in [0.05, 0.1) is 0 Å². The van der Waals surface area contributed by atoms with Crippen LogP contribution in [0.25, 0.3) is 0 Å². The number of rotatable bonds is 6. The van der Waals surface area contributed by atoms with Gasteiger partial charge in [-0.15, -0.1) is 0 Å². The van der Waals surface area contributed by atoms with Gasteiger partial charge < -0.3 is 10.2 Å². The van der Waals surface area contributed by atoms with Gasteiger partial charge in [0.25, 0.3) is 0 Å². The number of hydrogen-bond acceptors (Lipinski definition) is 2. The first-order valence-electron chi connectivity index (χ1n) is 7.51. The Morgan fingerprint density at radius 3 is 2.74 bits per heavy atom. The molecule has 1 fully saturated rings. The Bertz CT molecular complexity index is 375. The summed E-state index contributed by atoms with van der Waals surface area (Å²) < 4.78 is 0. The molecule has 0 radical (unpaired) electrons. The summed E-state index contributed by atoms with van der Waals surface area (Å²) in [5.74, 6) is 0. The summed E-state index contributed by atoms with van der Waals surface area (Å²) >= 11 is 6.10. The van der Waals surface area contributed by atoms with Gasteiger partial charge in [-0.2, -0.15) is 0 Å². The Morgan fingerprint density at radius 1 is 1.26 bits per heavy atom. The molecule has 1 N–H and O–H groups in total. The molecule has 1 atom stereocenters. The quantitative estimate of drug-likeness (QED) is 0.851. The molecule has 0 amide bonds. The Morgan fingerprint density at radius 2 is 2.05 bits per heavy atom. The van der Waals surface area contributed by atoms with E-state index < -0.39 is 0 Å². The average molecular weight is 281 g/mol. The SMILES string of the molecule is CCNC(CCN1CCCCC1)c1cccc(Cl)c1. The van der Waals surface area contributed by atoms with Crippen molar-refractivity contribution in [1.29, 1.82) is 0 Å². The normalized spacial score (nSPS) is 18.4. The third-order valence-electron chi connectivity index (χ3n) is 3.88. The second-order valence-electron chi connectivity index (χ2n) is 5.36. The van der Waals surface area contributed by atoms with Crippen molar-refractivity contribution in [3.8, 4) is 0 Å². The van der Waals surface area contributed by atoms with Gasteiger partial charge in [-0.05, 0) is 63.1 Å². The molecule has 0 bridgehead atoms. The Balaban J connectivity index is 1.91. The largest absolute Gasteiger partial charge is 0.310 e. The van der Waals surface area contributed by atoms with Gasteiger partial charge in [-0.3, -0.25) is 0 Å². The summed E-state index contributed by atoms with van der Waals surface area (Å²) in [6, 6.07) is 8.67. The lowest BCUT2D eigenvalue weighted by Gasteiger charge is -2.28. The molecule has 2 nitrogen and oxygen atoms in total. The lowest BCUT2D eigenvalue weighted by atomic mass is 10.0. The fraction of sp³-hybridized carbons (Fsp3) is 0.625. The van der Waals surface area contributed by atoms with E-state index in [1.165, 1.54) is 44.5 Å². The smallest absolute Gasteiger partial charge is 0.0409 e. The molecule has 1 heterocycles. The highest BCUT2D eigenvalue weighted by Crippen LogP contribution is 2.21. The van der Waals surface area contributed by atoms with E-state index in [1.807, 2.05) is 12.1 Å². The molecule has 1 aliphatic rings. The van der Waals surface area contributed by atoms with Crippen molar-refractivity contribution < 1.29 is 0 Å². The molecule has 1 aromatic carbocycles. The maximum absolute atomic E-state index is 6.10. The van der Waals surface area contributed by atoms with Crippen LogP contribution in [-0.2, 0) is 0 Å². The number of hydrogen-bond donors (Lipinski definition) is 1. The van der Waals surface area contributed by atoms with Crippen LogP contribution in [0.4, 0.5) is 0 Å². The molecule has 106 valence electrons. The van der Waals surface area contributed by atoms with Gasteiger partial charge in [0.2, 0.25) is 0 Å². The van der Waals surface area contributed by atoms with E-state index in [9.17, 15) is 0 Å². The molecule has 0 aromatic heterocycles. The minimum Gasteiger partial charge on any atom is -0.310 e. The fourth-order valence-corrected chi connectivity index (χ4v) is 3.05. The molecule has 1 unspecified atom stereocenters. The van der Waals surface area contributed by atoms with Crippen LogP contribution in [0, 0.1) is 0 Å². The lowest BCUT2D eigenvalue weighted by Crippen LogP contribution is -2.33. The van der Waals surface area contributed by atoms with E-state index in [0.29, 0.717) is 6.04 Å². The van der Waals surface area contributed by atoms with Gasteiger partial charge in [0, 0.05) is 11.1 Å². The number of piperidine rings is 1. The molecule has 0 aliphatic carbocycles. The molecule has 0 spiro atoms. The van der Waals surface area contributed by atoms with Crippen molar-refractivity contribution in [2.45, 2.75) is 38.6 Å². The number of nitrogens with one attached hydrogen (secondary N) is 1. The van der Waals surface area contributed by atoms with Gasteiger partial charge in [0.1, 0.15) is 0 Å². The Hall–Kier alpha value is -0.570. The second kappa shape index (κ2) is 7.88. The highest BCUT2D eigenvalue weighted by molar-refractivity contribution is 6.30. The predicted molar refractivity (Wildman–Crippen MR) is 82.8 cm³/mol. The summed E-state index contributed by atoms with van der Waals surface area (Å²) in [5, 5.41) is 4.41. The highest BCUT2D eigenvalue weighted by Gasteiger charge is 2.14. The number of likely N-dealkylation sites (tertiary alicyclic amines) is 1. The first-order chi connectivity index (χ1) is 9.29. The van der Waals surface area contributed by atoms with Crippen LogP contribution < -0.4 is 5.32 Å². The van der Waals surface area contributed by atoms with Crippen molar-refractivity contribution in [3.05, 3.63) is 34.9 Å². The molecular weight excluding hydrogens is 256 g/mol. The van der Waals surface area contributed by atoms with E-state index in [1.54, 1.807) is 0 Å². The Labute approximate surface area is 122 Å². The highest BCUT2D eigenvalue weighted by atomic mass is 35.5. The van der Waals surface area contributed by atoms with Crippen LogP contribution in [0.2, 0.25) is 5.02 Å². The second-order valence-corrected chi connectivity index (χ2v) is 5.79. The minimum atomic E-state index is 0.422. The molecule has 2 rings (SSSR count). The molecule has 1 aromatic rings. The molecule has 3 heteroatoms. The third-order valence-corrected chi connectivity index (χ3v) is 4.12. The van der Waals surface area contributed by atoms with Gasteiger partial charge in [-0.25, -0.2) is 0 Å². The van der Waals surface area contributed by atoms with Gasteiger partial charge in [-0.1, -0.05) is 37.1 Å². The van der Waals surface area contributed by atoms with Crippen molar-refractivity contribution in [2.75, 3.05) is 26.2 Å². The monoisotopic (exact) mass is 280 g/mol. The van der Waals surface area contributed by atoms with E-state index in [4.69, 9.17) is 11.6 Å². The predicted octanol–water partition coefficient (Wildman–Crippen LogP) is 3.87. The van der Waals surface area contributed by atoms with E-state index in [2.05, 4.69) is 29.3 Å². The molecule has 0 saturated carbocycles. The first-order valence-corrected chi connectivity index (χ1v) is 7.88. The molecule has 19 heavy (non-hydrogen) atoms. The number of benzene rings is 1. The zero-order chi connectivity index (χ0) is 13.5. The number of halogens is 1. The zero-order valence-corrected chi connectivity index (χ0v) is 12.6. The molecule has 1 aliphatic heterocycles. The van der Waals surface area contributed by atoms with Crippen molar-refractivity contribution in [2.24, 2.45) is 0 Å². The average Bonchev–Trinajstić information content (AvgIpc) is 2.44. The van der Waals surface area contributed by atoms with Crippen LogP contribution in [0.5, 0.6) is 0 Å². The van der Waals surface area contributed by atoms with Crippen molar-refractivity contribution >= 4 is 11.6 Å².